The first-order valence-corrected chi connectivity index (χ1v) is 14.7. The highest BCUT2D eigenvalue weighted by Crippen LogP contribution is 2.79. The summed E-state index contributed by atoms with van der Waals surface area (Å²) >= 11 is 0. The van der Waals surface area contributed by atoms with Gasteiger partial charge in [0.25, 0.3) is 0 Å². The molecule has 182 valence electrons. The summed E-state index contributed by atoms with van der Waals surface area (Å²) in [6.07, 6.45) is 17.2. The van der Waals surface area contributed by atoms with Gasteiger partial charge in [0.2, 0.25) is 0 Å². The predicted octanol–water partition coefficient (Wildman–Crippen LogP) is 8.26. The van der Waals surface area contributed by atoms with Crippen LogP contribution in [0.2, 0.25) is 0 Å². The number of hydrogen-bond acceptors (Lipinski definition) is 0. The third-order valence-electron chi connectivity index (χ3n) is 11.7. The lowest BCUT2D eigenvalue weighted by Crippen LogP contribution is -2.64. The third kappa shape index (κ3) is 3.30. The summed E-state index contributed by atoms with van der Waals surface area (Å²) in [6.45, 7) is 0. The molecular formula is C36H38. The van der Waals surface area contributed by atoms with Gasteiger partial charge in [-0.05, 0) is 136 Å². The minimum Gasteiger partial charge on any atom is -0.0910 e. The smallest absolute Gasteiger partial charge is 0.0341 e. The molecule has 2 atom stereocenters. The fourth-order valence-corrected chi connectivity index (χ4v) is 11.5. The van der Waals surface area contributed by atoms with Crippen LogP contribution < -0.4 is 0 Å². The van der Waals surface area contributed by atoms with E-state index in [-0.39, 0.29) is 10.8 Å². The largest absolute Gasteiger partial charge is 0.0910 e. The van der Waals surface area contributed by atoms with Gasteiger partial charge in [-0.1, -0.05) is 60.1 Å². The molecule has 0 spiro atoms. The highest BCUT2D eigenvalue weighted by Gasteiger charge is 2.70. The summed E-state index contributed by atoms with van der Waals surface area (Å²) < 4.78 is 0. The lowest BCUT2D eigenvalue weighted by atomic mass is 9.31. The van der Waals surface area contributed by atoms with Crippen LogP contribution in [0.4, 0.5) is 0 Å². The Morgan fingerprint density at radius 2 is 0.917 bits per heavy atom. The molecule has 8 bridgehead atoms. The van der Waals surface area contributed by atoms with Gasteiger partial charge in [-0.3, -0.25) is 0 Å². The quantitative estimate of drug-likeness (QED) is 0.368. The number of hydrogen-bond donors (Lipinski definition) is 0. The zero-order valence-corrected chi connectivity index (χ0v) is 21.6. The van der Waals surface area contributed by atoms with E-state index in [1.165, 1.54) is 88.2 Å². The van der Waals surface area contributed by atoms with Crippen LogP contribution in [-0.2, 0) is 0 Å². The number of benzene rings is 2. The molecule has 2 aromatic rings. The Bertz CT molecular complexity index is 1180. The zero-order chi connectivity index (χ0) is 23.8. The van der Waals surface area contributed by atoms with Crippen molar-refractivity contribution in [3.63, 3.8) is 0 Å². The molecule has 36 heavy (non-hydrogen) atoms. The van der Waals surface area contributed by atoms with E-state index in [9.17, 15) is 0 Å². The fourth-order valence-electron chi connectivity index (χ4n) is 11.5. The van der Waals surface area contributed by atoms with E-state index in [0.717, 1.165) is 23.7 Å². The van der Waals surface area contributed by atoms with E-state index in [1.54, 1.807) is 0 Å². The molecular weight excluding hydrogens is 432 g/mol. The highest BCUT2D eigenvalue weighted by atomic mass is 14.7. The van der Waals surface area contributed by atoms with Crippen LogP contribution in [0, 0.1) is 69.0 Å². The fraction of sp³-hybridized carbons (Fsp3) is 0.556. The van der Waals surface area contributed by atoms with Crippen molar-refractivity contribution in [2.24, 2.45) is 45.3 Å². The molecule has 0 aromatic heterocycles. The van der Waals surface area contributed by atoms with E-state index in [2.05, 4.69) is 84.3 Å². The van der Waals surface area contributed by atoms with Gasteiger partial charge in [0.15, 0.2) is 0 Å². The molecule has 0 heterocycles. The maximum atomic E-state index is 4.01. The van der Waals surface area contributed by atoms with E-state index in [0.29, 0.717) is 10.8 Å². The van der Waals surface area contributed by atoms with Crippen molar-refractivity contribution < 1.29 is 0 Å². The molecule has 0 radical (unpaired) electrons. The molecule has 10 rings (SSSR count). The number of rotatable bonds is 1. The Balaban J connectivity index is 1.24. The highest BCUT2D eigenvalue weighted by molar-refractivity contribution is 5.41. The van der Waals surface area contributed by atoms with Crippen molar-refractivity contribution in [1.29, 1.82) is 0 Å². The molecule has 8 aliphatic carbocycles. The maximum Gasteiger partial charge on any atom is 0.0341 e. The van der Waals surface area contributed by atoms with Crippen molar-refractivity contribution in [3.8, 4) is 23.7 Å². The van der Waals surface area contributed by atoms with Gasteiger partial charge in [0.1, 0.15) is 0 Å². The Morgan fingerprint density at radius 1 is 0.472 bits per heavy atom. The molecule has 8 aliphatic rings. The van der Waals surface area contributed by atoms with Crippen LogP contribution in [0.15, 0.2) is 60.7 Å². The van der Waals surface area contributed by atoms with Crippen molar-refractivity contribution >= 4 is 0 Å². The Morgan fingerprint density at radius 3 is 1.39 bits per heavy atom. The summed E-state index contributed by atoms with van der Waals surface area (Å²) in [4.78, 5) is 0. The topological polar surface area (TPSA) is 0 Å². The third-order valence-corrected chi connectivity index (χ3v) is 11.7. The Kier molecular flexibility index (Phi) is 4.53. The SMILES string of the molecule is C(#CC12CC3CC(C#Cc4ccccc4)(C1)CC(C14CC5CC(CC(C5)C1)C4)(C3)C2)c1ccccc1. The Hall–Kier alpha value is -2.44. The van der Waals surface area contributed by atoms with Crippen molar-refractivity contribution in [3.05, 3.63) is 71.8 Å². The average Bonchev–Trinajstić information content (AvgIpc) is 2.86. The first-order valence-electron chi connectivity index (χ1n) is 14.7. The average molecular weight is 471 g/mol. The molecule has 0 N–H and O–H groups in total. The van der Waals surface area contributed by atoms with Gasteiger partial charge < -0.3 is 0 Å². The summed E-state index contributed by atoms with van der Waals surface area (Å²) in [5.41, 5.74) is 3.73. The maximum absolute atomic E-state index is 4.01. The first-order chi connectivity index (χ1) is 17.5. The van der Waals surface area contributed by atoms with Crippen molar-refractivity contribution in [2.45, 2.75) is 77.0 Å². The summed E-state index contributed by atoms with van der Waals surface area (Å²) in [5, 5.41) is 0. The molecule has 0 saturated heterocycles. The predicted molar refractivity (Wildman–Crippen MR) is 146 cm³/mol. The second kappa shape index (κ2) is 7.55. The Labute approximate surface area is 217 Å². The van der Waals surface area contributed by atoms with Crippen molar-refractivity contribution in [2.75, 3.05) is 0 Å². The van der Waals surface area contributed by atoms with Crippen LogP contribution >= 0.6 is 0 Å². The van der Waals surface area contributed by atoms with E-state index in [4.69, 9.17) is 0 Å². The molecule has 0 aliphatic heterocycles. The normalized spacial score (nSPS) is 45.0. The minimum absolute atomic E-state index is 0.157. The lowest BCUT2D eigenvalue weighted by molar-refractivity contribution is -0.222. The molecule has 8 fully saturated rings. The second-order valence-corrected chi connectivity index (χ2v) is 14.3. The van der Waals surface area contributed by atoms with Gasteiger partial charge >= 0.3 is 0 Å². The van der Waals surface area contributed by atoms with Gasteiger partial charge in [-0.25, -0.2) is 0 Å². The van der Waals surface area contributed by atoms with Gasteiger partial charge in [-0.2, -0.15) is 0 Å². The van der Waals surface area contributed by atoms with Crippen molar-refractivity contribution in [1.82, 2.24) is 0 Å². The lowest BCUT2D eigenvalue weighted by Gasteiger charge is -2.73. The summed E-state index contributed by atoms with van der Waals surface area (Å²) in [6, 6.07) is 21.5. The van der Waals surface area contributed by atoms with Crippen LogP contribution in [0.5, 0.6) is 0 Å². The van der Waals surface area contributed by atoms with Gasteiger partial charge in [0.05, 0.1) is 0 Å². The molecule has 0 nitrogen and oxygen atoms in total. The van der Waals surface area contributed by atoms with Crippen LogP contribution in [0.1, 0.15) is 88.2 Å². The molecule has 2 unspecified atom stereocenters. The van der Waals surface area contributed by atoms with Crippen LogP contribution in [-0.4, -0.2) is 0 Å². The van der Waals surface area contributed by atoms with Gasteiger partial charge in [0, 0.05) is 22.0 Å². The molecule has 0 amide bonds. The monoisotopic (exact) mass is 470 g/mol. The van der Waals surface area contributed by atoms with E-state index >= 15 is 0 Å². The molecule has 8 saturated carbocycles. The summed E-state index contributed by atoms with van der Waals surface area (Å²) in [5.74, 6) is 19.2. The first kappa shape index (κ1) is 21.6. The molecule has 0 heteroatoms. The van der Waals surface area contributed by atoms with E-state index in [1.807, 2.05) is 0 Å². The summed E-state index contributed by atoms with van der Waals surface area (Å²) in [7, 11) is 0. The van der Waals surface area contributed by atoms with Crippen LogP contribution in [0.3, 0.4) is 0 Å². The minimum atomic E-state index is 0.157. The van der Waals surface area contributed by atoms with Crippen LogP contribution in [0.25, 0.3) is 0 Å². The molecule has 2 aromatic carbocycles. The van der Waals surface area contributed by atoms with E-state index < -0.39 is 0 Å². The second-order valence-electron chi connectivity index (χ2n) is 14.3. The zero-order valence-electron chi connectivity index (χ0n) is 21.6. The van der Waals surface area contributed by atoms with Gasteiger partial charge in [-0.15, -0.1) is 0 Å². The standard InChI is InChI=1S/C36H38/c1-3-7-27(8-4-1)11-13-33-18-32-19-34(24-33,14-12-28-9-5-2-6-10-28)26-36(23-32,25-33)35-20-29-15-30(21-35)17-31(16-29)22-35/h1-10,29-32H,15-26H2.